The first-order valence-corrected chi connectivity index (χ1v) is 6.09. The van der Waals surface area contributed by atoms with E-state index in [1.165, 1.54) is 0 Å². The fourth-order valence-electron chi connectivity index (χ4n) is 1.87. The molecule has 0 unspecified atom stereocenters. The molecule has 2 heterocycles. The van der Waals surface area contributed by atoms with Crippen LogP contribution in [0.1, 0.15) is 12.8 Å². The second-order valence-corrected chi connectivity index (χ2v) is 5.17. The average Bonchev–Trinajstić information content (AvgIpc) is 2.34. The number of rotatable bonds is 0. The quantitative estimate of drug-likeness (QED) is 0.302. The van der Waals surface area contributed by atoms with Gasteiger partial charge in [0.15, 0.2) is 0 Å². The van der Waals surface area contributed by atoms with Gasteiger partial charge in [-0.3, -0.25) is 0 Å². The number of cyclic esters (lactones) is 1. The Morgan fingerprint density at radius 1 is 1.54 bits per heavy atom. The van der Waals surface area contributed by atoms with E-state index >= 15 is 0 Å². The third-order valence-electron chi connectivity index (χ3n) is 2.71. The van der Waals surface area contributed by atoms with E-state index in [1.807, 2.05) is 0 Å². The van der Waals surface area contributed by atoms with Crippen LogP contribution in [0.2, 0.25) is 0 Å². The molecule has 3 nitrogen and oxygen atoms in total. The summed E-state index contributed by atoms with van der Waals surface area (Å²) in [7, 11) is 0. The van der Waals surface area contributed by atoms with Crippen molar-refractivity contribution in [3.8, 4) is 0 Å². The van der Waals surface area contributed by atoms with Crippen LogP contribution in [0.4, 0.5) is 0 Å². The number of nitrogens with one attached hydrogen (secondary N) is 1. The summed E-state index contributed by atoms with van der Waals surface area (Å²) in [6.07, 6.45) is 1.71. The van der Waals surface area contributed by atoms with Gasteiger partial charge in [-0.05, 0) is 0 Å². The molecule has 2 aliphatic rings. The van der Waals surface area contributed by atoms with Crippen molar-refractivity contribution < 1.29 is 25.1 Å². The maximum absolute atomic E-state index is 11.7. The minimum atomic E-state index is -0.336. The molecule has 2 rings (SSSR count). The van der Waals surface area contributed by atoms with Crippen molar-refractivity contribution in [2.75, 3.05) is 13.1 Å². The average molecular weight is 334 g/mol. The van der Waals surface area contributed by atoms with E-state index in [0.717, 1.165) is 30.3 Å². The molecule has 0 aromatic heterocycles. The summed E-state index contributed by atoms with van der Waals surface area (Å²) >= 11 is 5.64. The van der Waals surface area contributed by atoms with Crippen LogP contribution in [-0.4, -0.2) is 27.6 Å². The number of halogens is 1. The van der Waals surface area contributed by atoms with Crippen molar-refractivity contribution in [3.63, 3.8) is 0 Å². The Balaban J connectivity index is 2.28. The van der Waals surface area contributed by atoms with Crippen molar-refractivity contribution in [2.24, 2.45) is 5.41 Å². The molecular weight excluding hydrogens is 324 g/mol. The van der Waals surface area contributed by atoms with Gasteiger partial charge < -0.3 is 0 Å². The Hall–Kier alpha value is 0.549. The standard InChI is InChI=1S/C8H10INO2.Mn/c9-6-5-8(7(11)12-6)1-3-10-4-2-8;/h6,10H,1-4H2;/t6-;/m1./s1. The van der Waals surface area contributed by atoms with Crippen LogP contribution in [0, 0.1) is 5.41 Å². The first-order valence-electron chi connectivity index (χ1n) is 4.25. The summed E-state index contributed by atoms with van der Waals surface area (Å²) in [5.74, 6) is -0.0553. The van der Waals surface area contributed by atoms with E-state index in [9.17, 15) is 4.79 Å². The molecule has 0 aromatic rings. The molecule has 1 N–H and O–H groups in total. The number of esters is 1. The molecule has 1 spiro atoms. The summed E-state index contributed by atoms with van der Waals surface area (Å²) in [5.41, 5.74) is -0.336. The molecule has 1 atom stereocenters. The van der Waals surface area contributed by atoms with Crippen LogP contribution in [0.15, 0.2) is 0 Å². The van der Waals surface area contributed by atoms with Crippen molar-refractivity contribution in [2.45, 2.75) is 17.0 Å². The van der Waals surface area contributed by atoms with E-state index in [0.29, 0.717) is 0 Å². The van der Waals surface area contributed by atoms with E-state index in [4.69, 9.17) is 4.74 Å². The van der Waals surface area contributed by atoms with Crippen LogP contribution in [-0.2, 0) is 25.1 Å². The molecule has 2 aliphatic heterocycles. The Morgan fingerprint density at radius 3 is 2.62 bits per heavy atom. The molecule has 5 heteroatoms. The Labute approximate surface area is 98.5 Å². The molecular formula is C8H10IMnNO2. The first kappa shape index (κ1) is 10.1. The number of carbonyl (C=O) groups is 1. The van der Waals surface area contributed by atoms with Crippen LogP contribution in [0.25, 0.3) is 0 Å². The fraction of sp³-hybridized carbons (Fsp3) is 0.750. The van der Waals surface area contributed by atoms with Crippen LogP contribution in [0.5, 0.6) is 0 Å². The van der Waals surface area contributed by atoms with Gasteiger partial charge >= 0.3 is 98.9 Å². The second kappa shape index (κ2) is 3.60. The zero-order chi connectivity index (χ0) is 9.47. The Bertz CT molecular complexity index is 263. The van der Waals surface area contributed by atoms with E-state index in [2.05, 4.69) is 43.5 Å². The van der Waals surface area contributed by atoms with Crippen molar-refractivity contribution >= 4 is 33.0 Å². The number of alkyl halides is 1. The summed E-state index contributed by atoms with van der Waals surface area (Å²) in [5, 5.41) is 3.25. The maximum atomic E-state index is 11.7. The van der Waals surface area contributed by atoms with Gasteiger partial charge in [0.1, 0.15) is 0 Å². The minimum absolute atomic E-state index is 0.0553. The van der Waals surface area contributed by atoms with E-state index in [1.54, 1.807) is 0 Å². The number of hydrogen-bond acceptors (Lipinski definition) is 3. The van der Waals surface area contributed by atoms with Gasteiger partial charge in [0.2, 0.25) is 0 Å². The molecule has 13 heavy (non-hydrogen) atoms. The third-order valence-corrected chi connectivity index (χ3v) is 5.08. The summed E-state index contributed by atoms with van der Waals surface area (Å²) in [6, 6.07) is 0. The number of carbonyl (C=O) groups excluding carboxylic acids is 1. The monoisotopic (exact) mass is 334 g/mol. The summed E-state index contributed by atoms with van der Waals surface area (Å²) < 4.78 is 6.13. The van der Waals surface area contributed by atoms with E-state index in [-0.39, 0.29) is 15.5 Å². The normalized spacial score (nSPS) is 32.2. The van der Waals surface area contributed by atoms with Crippen molar-refractivity contribution in [1.82, 2.24) is 5.32 Å². The zero-order valence-corrected chi connectivity index (χ0v) is 10.3. The van der Waals surface area contributed by atoms with Gasteiger partial charge in [0.05, 0.1) is 0 Å². The van der Waals surface area contributed by atoms with Crippen LogP contribution < -0.4 is 5.32 Å². The number of ether oxygens (including phenoxy) is 1. The van der Waals surface area contributed by atoms with Crippen molar-refractivity contribution in [1.29, 1.82) is 0 Å². The molecule has 0 amide bonds. The SMILES string of the molecule is O=C1O[C@@H](I)[C](=[Mn])C12CCNCC2. The fourth-order valence-corrected chi connectivity index (χ4v) is 3.18. The summed E-state index contributed by atoms with van der Waals surface area (Å²) in [4.78, 5) is 11.7. The van der Waals surface area contributed by atoms with Gasteiger partial charge in [0, 0.05) is 0 Å². The molecule has 0 aromatic carbocycles. The molecule has 73 valence electrons. The van der Waals surface area contributed by atoms with Gasteiger partial charge in [-0.25, -0.2) is 0 Å². The Kier molecular flexibility index (Phi) is 2.80. The third kappa shape index (κ3) is 1.50. The number of hydrogen-bond donors (Lipinski definition) is 1. The number of piperidine rings is 1. The van der Waals surface area contributed by atoms with Gasteiger partial charge in [-0.2, -0.15) is 0 Å². The topological polar surface area (TPSA) is 38.3 Å². The molecule has 2 saturated heterocycles. The van der Waals surface area contributed by atoms with Gasteiger partial charge in [0.25, 0.3) is 0 Å². The molecule has 0 aliphatic carbocycles. The summed E-state index contributed by atoms with van der Waals surface area (Å²) in [6.45, 7) is 1.79. The molecule has 2 fully saturated rings. The molecule has 0 bridgehead atoms. The Morgan fingerprint density at radius 2 is 2.15 bits per heavy atom. The molecule has 0 saturated carbocycles. The predicted molar refractivity (Wildman–Crippen MR) is 53.4 cm³/mol. The first-order chi connectivity index (χ1) is 6.17. The van der Waals surface area contributed by atoms with Crippen LogP contribution in [0.3, 0.4) is 0 Å². The van der Waals surface area contributed by atoms with Gasteiger partial charge in [-0.1, -0.05) is 0 Å². The van der Waals surface area contributed by atoms with Crippen LogP contribution >= 0.6 is 22.6 Å². The zero-order valence-electron chi connectivity index (χ0n) is 6.98. The molecule has 0 radical (unpaired) electrons. The second-order valence-electron chi connectivity index (χ2n) is 3.40. The van der Waals surface area contributed by atoms with Gasteiger partial charge in [-0.15, -0.1) is 0 Å². The predicted octanol–water partition coefficient (Wildman–Crippen LogP) is 0.393. The van der Waals surface area contributed by atoms with E-state index < -0.39 is 0 Å². The van der Waals surface area contributed by atoms with Crippen molar-refractivity contribution in [3.05, 3.63) is 0 Å².